The van der Waals surface area contributed by atoms with Gasteiger partial charge in [0, 0.05) is 22.2 Å². The van der Waals surface area contributed by atoms with Gasteiger partial charge in [-0.2, -0.15) is 0 Å². The number of carbonyl (C=O) groups excluding carboxylic acids is 1. The molecule has 0 radical (unpaired) electrons. The molecule has 2 heterocycles. The lowest BCUT2D eigenvalue weighted by atomic mass is 10.0. The van der Waals surface area contributed by atoms with Crippen LogP contribution in [0.1, 0.15) is 25.6 Å². The third-order valence-electron chi connectivity index (χ3n) is 4.99. The van der Waals surface area contributed by atoms with Crippen molar-refractivity contribution in [2.24, 2.45) is 0 Å². The number of benzene rings is 2. The number of ether oxygens (including phenoxy) is 1. The largest absolute Gasteiger partial charge is 0.494 e. The number of fused-ring (bicyclic) bond motifs is 3. The van der Waals surface area contributed by atoms with Gasteiger partial charge in [-0.25, -0.2) is 4.90 Å². The Labute approximate surface area is 198 Å². The number of nitrogens with one attached hydrogen (secondary N) is 1. The highest BCUT2D eigenvalue weighted by Crippen LogP contribution is 2.39. The van der Waals surface area contributed by atoms with E-state index in [0.717, 1.165) is 10.0 Å². The zero-order valence-electron chi connectivity index (χ0n) is 17.7. The van der Waals surface area contributed by atoms with Crippen LogP contribution in [0, 0.1) is 0 Å². The second-order valence-corrected chi connectivity index (χ2v) is 8.91. The van der Waals surface area contributed by atoms with Crippen LogP contribution in [0.3, 0.4) is 0 Å². The molecule has 7 nitrogen and oxygen atoms in total. The normalized spacial score (nSPS) is 14.5. The fourth-order valence-corrected chi connectivity index (χ4v) is 4.81. The molecule has 1 aromatic heterocycles. The van der Waals surface area contributed by atoms with E-state index in [-0.39, 0.29) is 11.5 Å². The monoisotopic (exact) mass is 513 g/mol. The van der Waals surface area contributed by atoms with Crippen LogP contribution in [0.4, 0.5) is 5.69 Å². The molecule has 1 aliphatic heterocycles. The van der Waals surface area contributed by atoms with Crippen LogP contribution in [0.15, 0.2) is 69.5 Å². The lowest BCUT2D eigenvalue weighted by Gasteiger charge is -2.31. The zero-order valence-corrected chi connectivity index (χ0v) is 20.1. The van der Waals surface area contributed by atoms with Crippen LogP contribution in [-0.2, 0) is 4.79 Å². The van der Waals surface area contributed by atoms with Crippen molar-refractivity contribution in [1.82, 2.24) is 10.1 Å². The summed E-state index contributed by atoms with van der Waals surface area (Å²) in [5.74, 6) is 1.08. The standard InChI is InChI=1S/C23H21BrN4O3S/c1-4-12-32-23-25-21(30)20-16-8-6-7-9-19(16)27(14(3)29)22(28(20)26-23)17-13-15(31-5-2)10-11-18(17)24/h4,6-11,13,22H,1,5,12H2,2-3H3/p+1/t22-/m0/s1. The highest BCUT2D eigenvalue weighted by atomic mass is 79.9. The van der Waals surface area contributed by atoms with E-state index in [9.17, 15) is 9.59 Å². The second-order valence-electron chi connectivity index (χ2n) is 7.05. The van der Waals surface area contributed by atoms with Crippen molar-refractivity contribution in [3.63, 3.8) is 0 Å². The van der Waals surface area contributed by atoms with Gasteiger partial charge in [-0.1, -0.05) is 45.9 Å². The first-order valence-electron chi connectivity index (χ1n) is 10.1. The van der Waals surface area contributed by atoms with Gasteiger partial charge < -0.3 is 4.74 Å². The van der Waals surface area contributed by atoms with Crippen molar-refractivity contribution < 1.29 is 14.2 Å². The molecule has 2 aromatic carbocycles. The summed E-state index contributed by atoms with van der Waals surface area (Å²) in [7, 11) is 0. The molecule has 0 spiro atoms. The second kappa shape index (κ2) is 9.30. The first kappa shape index (κ1) is 22.3. The molecule has 0 aliphatic carbocycles. The van der Waals surface area contributed by atoms with Gasteiger partial charge >= 0.3 is 11.3 Å². The van der Waals surface area contributed by atoms with E-state index in [4.69, 9.17) is 9.84 Å². The first-order valence-corrected chi connectivity index (χ1v) is 11.8. The SMILES string of the molecule is C=CCSc1n[n+]2c(c(=O)[nH]1)-c1ccccc1N(C(C)=O)[C@@H]2c1cc(OCC)ccc1Br. The van der Waals surface area contributed by atoms with E-state index in [1.54, 1.807) is 15.7 Å². The number of rotatable bonds is 6. The van der Waals surface area contributed by atoms with Gasteiger partial charge in [0.1, 0.15) is 5.75 Å². The number of amides is 1. The Bertz CT molecular complexity index is 1260. The molecule has 1 N–H and O–H groups in total. The van der Waals surface area contributed by atoms with Crippen molar-refractivity contribution in [3.8, 4) is 17.0 Å². The third kappa shape index (κ3) is 3.98. The third-order valence-corrected chi connectivity index (χ3v) is 6.57. The van der Waals surface area contributed by atoms with Crippen LogP contribution >= 0.6 is 27.7 Å². The van der Waals surface area contributed by atoms with Crippen molar-refractivity contribution in [1.29, 1.82) is 0 Å². The lowest BCUT2D eigenvalue weighted by Crippen LogP contribution is -2.60. The summed E-state index contributed by atoms with van der Waals surface area (Å²) in [6.45, 7) is 7.66. The maximum atomic E-state index is 13.2. The van der Waals surface area contributed by atoms with Gasteiger partial charge in [0.15, 0.2) is 0 Å². The number of aromatic nitrogens is 3. The number of para-hydroxylation sites is 1. The van der Waals surface area contributed by atoms with Crippen molar-refractivity contribution in [2.45, 2.75) is 25.2 Å². The van der Waals surface area contributed by atoms with E-state index >= 15 is 0 Å². The van der Waals surface area contributed by atoms with Crippen LogP contribution in [0.2, 0.25) is 0 Å². The minimum atomic E-state index is -0.683. The Morgan fingerprint density at radius 3 is 2.88 bits per heavy atom. The number of aromatic amines is 1. The fraction of sp³-hybridized carbons (Fsp3) is 0.217. The van der Waals surface area contributed by atoms with Gasteiger partial charge in [0.05, 0.1) is 23.4 Å². The molecular formula is C23H22BrN4O3S+. The maximum Gasteiger partial charge on any atom is 0.325 e. The Morgan fingerprint density at radius 2 is 2.16 bits per heavy atom. The summed E-state index contributed by atoms with van der Waals surface area (Å²) in [6.07, 6.45) is 1.06. The molecule has 164 valence electrons. The van der Waals surface area contributed by atoms with E-state index in [0.29, 0.717) is 40.2 Å². The number of carbonyl (C=O) groups is 1. The van der Waals surface area contributed by atoms with E-state index in [1.807, 2.05) is 49.4 Å². The minimum Gasteiger partial charge on any atom is -0.494 e. The molecule has 1 amide bonds. The van der Waals surface area contributed by atoms with Gasteiger partial charge in [0.25, 0.3) is 6.17 Å². The Morgan fingerprint density at radius 1 is 1.38 bits per heavy atom. The molecule has 4 rings (SSSR count). The minimum absolute atomic E-state index is 0.170. The number of hydrogen-bond acceptors (Lipinski definition) is 5. The fourth-order valence-electron chi connectivity index (χ4n) is 3.77. The Hall–Kier alpha value is -2.91. The predicted octanol–water partition coefficient (Wildman–Crippen LogP) is 4.08. The van der Waals surface area contributed by atoms with E-state index in [2.05, 4.69) is 27.5 Å². The van der Waals surface area contributed by atoms with Crippen LogP contribution < -0.4 is 19.9 Å². The average molecular weight is 514 g/mol. The Kier molecular flexibility index (Phi) is 6.48. The van der Waals surface area contributed by atoms with Crippen LogP contribution in [0.25, 0.3) is 11.3 Å². The molecule has 1 aliphatic rings. The van der Waals surface area contributed by atoms with Crippen LogP contribution in [-0.4, -0.2) is 28.3 Å². The number of H-pyrrole nitrogens is 1. The zero-order chi connectivity index (χ0) is 22.8. The lowest BCUT2D eigenvalue weighted by molar-refractivity contribution is -0.763. The number of thioether (sulfide) groups is 1. The number of anilines is 1. The van der Waals surface area contributed by atoms with Gasteiger partial charge in [-0.05, 0) is 41.9 Å². The summed E-state index contributed by atoms with van der Waals surface area (Å²) in [5, 5.41) is 5.19. The molecule has 0 fully saturated rings. The van der Waals surface area contributed by atoms with Crippen molar-refractivity contribution in [2.75, 3.05) is 17.3 Å². The maximum absolute atomic E-state index is 13.2. The summed E-state index contributed by atoms with van der Waals surface area (Å²) in [5.41, 5.74) is 2.16. The van der Waals surface area contributed by atoms with Crippen molar-refractivity contribution >= 4 is 39.3 Å². The smallest absolute Gasteiger partial charge is 0.325 e. The molecule has 0 saturated heterocycles. The summed E-state index contributed by atoms with van der Waals surface area (Å²) >= 11 is 4.99. The van der Waals surface area contributed by atoms with E-state index in [1.165, 1.54) is 18.7 Å². The first-order chi connectivity index (χ1) is 15.5. The molecule has 1 atom stereocenters. The number of hydrogen-bond donors (Lipinski definition) is 1. The molecule has 0 unspecified atom stereocenters. The molecular weight excluding hydrogens is 492 g/mol. The highest BCUT2D eigenvalue weighted by molar-refractivity contribution is 9.10. The van der Waals surface area contributed by atoms with Gasteiger partial charge in [-0.3, -0.25) is 14.6 Å². The summed E-state index contributed by atoms with van der Waals surface area (Å²) in [6, 6.07) is 13.0. The molecule has 0 saturated carbocycles. The molecule has 32 heavy (non-hydrogen) atoms. The number of nitrogens with zero attached hydrogens (tertiary/aromatic N) is 3. The Balaban J connectivity index is 2.04. The number of halogens is 1. The van der Waals surface area contributed by atoms with Crippen LogP contribution in [0.5, 0.6) is 5.75 Å². The summed E-state index contributed by atoms with van der Waals surface area (Å²) in [4.78, 5) is 30.7. The van der Waals surface area contributed by atoms with Gasteiger partial charge in [-0.15, -0.1) is 6.58 Å². The van der Waals surface area contributed by atoms with E-state index < -0.39 is 6.17 Å². The topological polar surface area (TPSA) is 79.2 Å². The summed E-state index contributed by atoms with van der Waals surface area (Å²) < 4.78 is 8.11. The molecule has 9 heteroatoms. The van der Waals surface area contributed by atoms with Crippen molar-refractivity contribution in [3.05, 3.63) is 75.5 Å². The molecule has 3 aromatic rings. The average Bonchev–Trinajstić information content (AvgIpc) is 2.78. The quantitative estimate of drug-likeness (QED) is 0.305. The molecule has 0 bridgehead atoms. The highest BCUT2D eigenvalue weighted by Gasteiger charge is 2.45. The van der Waals surface area contributed by atoms with Gasteiger partial charge in [0.2, 0.25) is 11.1 Å². The predicted molar refractivity (Wildman–Crippen MR) is 128 cm³/mol.